The van der Waals surface area contributed by atoms with Crippen LogP contribution in [0.1, 0.15) is 22.7 Å². The number of methoxy groups -OCH3 is 2. The molecule has 2 aromatic carbocycles. The van der Waals surface area contributed by atoms with Gasteiger partial charge in [0, 0.05) is 18.1 Å². The molecule has 0 saturated carbocycles. The first-order valence-corrected chi connectivity index (χ1v) is 8.37. The quantitative estimate of drug-likeness (QED) is 0.882. The van der Waals surface area contributed by atoms with E-state index in [4.69, 9.17) is 21.1 Å². The van der Waals surface area contributed by atoms with E-state index in [0.29, 0.717) is 35.2 Å². The third-order valence-electron chi connectivity index (χ3n) is 4.51. The maximum absolute atomic E-state index is 11.9. The lowest BCUT2D eigenvalue weighted by Gasteiger charge is -2.34. The highest BCUT2D eigenvalue weighted by atomic mass is 35.5. The number of carboxylic acid groups (broad SMARTS) is 1. The highest BCUT2D eigenvalue weighted by Gasteiger charge is 2.31. The molecular weight excluding hydrogens is 342 g/mol. The third kappa shape index (κ3) is 3.57. The number of benzene rings is 2. The molecule has 0 spiro atoms. The molecule has 132 valence electrons. The molecule has 0 aromatic heterocycles. The molecule has 6 heteroatoms. The molecule has 1 atom stereocenters. The number of hydrogen-bond donors (Lipinski definition) is 1. The first kappa shape index (κ1) is 17.6. The van der Waals surface area contributed by atoms with Crippen LogP contribution in [0.5, 0.6) is 11.5 Å². The smallest absolute Gasteiger partial charge is 0.325 e. The van der Waals surface area contributed by atoms with E-state index in [-0.39, 0.29) is 0 Å². The molecule has 2 aromatic rings. The Morgan fingerprint density at radius 3 is 2.44 bits per heavy atom. The minimum atomic E-state index is -0.883. The number of fused-ring (bicyclic) bond motifs is 1. The lowest BCUT2D eigenvalue weighted by atomic mass is 9.95. The summed E-state index contributed by atoms with van der Waals surface area (Å²) in [4.78, 5) is 13.9. The van der Waals surface area contributed by atoms with E-state index >= 15 is 0 Å². The molecule has 5 nitrogen and oxygen atoms in total. The van der Waals surface area contributed by atoms with Gasteiger partial charge in [0.2, 0.25) is 0 Å². The molecule has 0 radical (unpaired) electrons. The number of carboxylic acids is 1. The van der Waals surface area contributed by atoms with Gasteiger partial charge in [0.1, 0.15) is 6.04 Å². The second kappa shape index (κ2) is 7.33. The minimum absolute atomic E-state index is 0.527. The standard InChI is InChI=1S/C19H20ClNO4/c1-24-16-9-12-6-7-21(11-14(12)10-17(16)25-2)18(19(22)23)13-4-3-5-15(20)8-13/h3-5,8-10,18H,6-7,11H2,1-2H3,(H,22,23)/t18-/m0/s1. The number of hydrogen-bond acceptors (Lipinski definition) is 4. The van der Waals surface area contributed by atoms with Gasteiger partial charge in [0.05, 0.1) is 14.2 Å². The van der Waals surface area contributed by atoms with Crippen LogP contribution in [0.2, 0.25) is 5.02 Å². The molecule has 25 heavy (non-hydrogen) atoms. The lowest BCUT2D eigenvalue weighted by molar-refractivity contribution is -0.144. The van der Waals surface area contributed by atoms with Gasteiger partial charge in [0.15, 0.2) is 11.5 Å². The third-order valence-corrected chi connectivity index (χ3v) is 4.75. The summed E-state index contributed by atoms with van der Waals surface area (Å²) in [5, 5.41) is 10.3. The highest BCUT2D eigenvalue weighted by molar-refractivity contribution is 6.30. The second-order valence-electron chi connectivity index (χ2n) is 5.99. The second-order valence-corrected chi connectivity index (χ2v) is 6.43. The van der Waals surface area contributed by atoms with Gasteiger partial charge in [0.25, 0.3) is 0 Å². The molecule has 1 heterocycles. The SMILES string of the molecule is COc1cc2c(cc1OC)CN([C@H](C(=O)O)c1cccc(Cl)c1)CC2. The van der Waals surface area contributed by atoms with Crippen molar-refractivity contribution in [3.05, 3.63) is 58.1 Å². The molecule has 0 aliphatic carbocycles. The lowest BCUT2D eigenvalue weighted by Crippen LogP contribution is -2.38. The first-order chi connectivity index (χ1) is 12.0. The van der Waals surface area contributed by atoms with Gasteiger partial charge in [-0.05, 0) is 47.4 Å². The summed E-state index contributed by atoms with van der Waals surface area (Å²) in [7, 11) is 3.20. The van der Waals surface area contributed by atoms with Gasteiger partial charge in [-0.2, -0.15) is 0 Å². The van der Waals surface area contributed by atoms with Crippen molar-refractivity contribution in [3.8, 4) is 11.5 Å². The molecule has 0 fully saturated rings. The normalized spacial score (nSPS) is 15.3. The van der Waals surface area contributed by atoms with E-state index in [9.17, 15) is 9.90 Å². The Labute approximate surface area is 151 Å². The molecule has 0 bridgehead atoms. The zero-order chi connectivity index (χ0) is 18.0. The number of ether oxygens (including phenoxy) is 2. The van der Waals surface area contributed by atoms with Crippen molar-refractivity contribution < 1.29 is 19.4 Å². The predicted molar refractivity (Wildman–Crippen MR) is 95.5 cm³/mol. The molecule has 0 amide bonds. The van der Waals surface area contributed by atoms with Crippen molar-refractivity contribution in [1.29, 1.82) is 0 Å². The van der Waals surface area contributed by atoms with Crippen LogP contribution in [-0.4, -0.2) is 36.7 Å². The number of aliphatic carboxylic acids is 1. The average molecular weight is 362 g/mol. The van der Waals surface area contributed by atoms with Gasteiger partial charge >= 0.3 is 5.97 Å². The van der Waals surface area contributed by atoms with Crippen LogP contribution in [0.15, 0.2) is 36.4 Å². The number of nitrogens with zero attached hydrogens (tertiary/aromatic N) is 1. The van der Waals surface area contributed by atoms with Crippen LogP contribution in [0, 0.1) is 0 Å². The Morgan fingerprint density at radius 2 is 1.84 bits per heavy atom. The molecule has 0 saturated heterocycles. The van der Waals surface area contributed by atoms with Crippen molar-refractivity contribution in [2.45, 2.75) is 19.0 Å². The fourth-order valence-electron chi connectivity index (χ4n) is 3.31. The summed E-state index contributed by atoms with van der Waals surface area (Å²) in [5.41, 5.74) is 2.89. The number of rotatable bonds is 5. The average Bonchev–Trinajstić information content (AvgIpc) is 2.60. The zero-order valence-corrected chi connectivity index (χ0v) is 14.9. The van der Waals surface area contributed by atoms with Gasteiger partial charge in [-0.1, -0.05) is 23.7 Å². The van der Waals surface area contributed by atoms with Gasteiger partial charge in [-0.15, -0.1) is 0 Å². The van der Waals surface area contributed by atoms with E-state index in [1.807, 2.05) is 17.0 Å². The Morgan fingerprint density at radius 1 is 1.16 bits per heavy atom. The van der Waals surface area contributed by atoms with Crippen LogP contribution in [0.25, 0.3) is 0 Å². The van der Waals surface area contributed by atoms with Crippen molar-refractivity contribution in [3.63, 3.8) is 0 Å². The maximum atomic E-state index is 11.9. The Bertz CT molecular complexity index is 793. The maximum Gasteiger partial charge on any atom is 0.325 e. The van der Waals surface area contributed by atoms with Gasteiger partial charge < -0.3 is 14.6 Å². The van der Waals surface area contributed by atoms with E-state index < -0.39 is 12.0 Å². The molecule has 0 unspecified atom stereocenters. The summed E-state index contributed by atoms with van der Waals surface area (Å²) in [6.07, 6.45) is 0.750. The van der Waals surface area contributed by atoms with E-state index in [0.717, 1.165) is 17.5 Å². The van der Waals surface area contributed by atoms with Gasteiger partial charge in [-0.25, -0.2) is 0 Å². The summed E-state index contributed by atoms with van der Waals surface area (Å²) >= 11 is 6.04. The molecule has 3 rings (SSSR count). The summed E-state index contributed by atoms with van der Waals surface area (Å²) < 4.78 is 10.7. The summed E-state index contributed by atoms with van der Waals surface area (Å²) in [6, 6.07) is 10.2. The Hall–Kier alpha value is -2.24. The minimum Gasteiger partial charge on any atom is -0.493 e. The fourth-order valence-corrected chi connectivity index (χ4v) is 3.51. The van der Waals surface area contributed by atoms with E-state index in [1.165, 1.54) is 0 Å². The van der Waals surface area contributed by atoms with Crippen molar-refractivity contribution in [2.75, 3.05) is 20.8 Å². The summed E-state index contributed by atoms with van der Waals surface area (Å²) in [5.74, 6) is 0.461. The van der Waals surface area contributed by atoms with Crippen LogP contribution in [0.4, 0.5) is 0 Å². The van der Waals surface area contributed by atoms with E-state index in [1.54, 1.807) is 38.5 Å². The Balaban J connectivity index is 1.93. The fraction of sp³-hybridized carbons (Fsp3) is 0.316. The predicted octanol–water partition coefficient (Wildman–Crippen LogP) is 3.54. The van der Waals surface area contributed by atoms with Gasteiger partial charge in [-0.3, -0.25) is 9.69 Å². The number of carbonyl (C=O) groups is 1. The van der Waals surface area contributed by atoms with Crippen LogP contribution in [-0.2, 0) is 17.8 Å². The largest absolute Gasteiger partial charge is 0.493 e. The molecule has 1 aliphatic heterocycles. The van der Waals surface area contributed by atoms with Crippen molar-refractivity contribution in [1.82, 2.24) is 4.90 Å². The zero-order valence-electron chi connectivity index (χ0n) is 14.2. The monoisotopic (exact) mass is 361 g/mol. The first-order valence-electron chi connectivity index (χ1n) is 7.99. The molecular formula is C19H20ClNO4. The topological polar surface area (TPSA) is 59.0 Å². The van der Waals surface area contributed by atoms with Crippen LogP contribution >= 0.6 is 11.6 Å². The Kier molecular flexibility index (Phi) is 5.16. The molecule has 1 N–H and O–H groups in total. The highest BCUT2D eigenvalue weighted by Crippen LogP contribution is 2.35. The number of halogens is 1. The molecule has 1 aliphatic rings. The van der Waals surface area contributed by atoms with Crippen LogP contribution < -0.4 is 9.47 Å². The van der Waals surface area contributed by atoms with Crippen LogP contribution in [0.3, 0.4) is 0 Å². The van der Waals surface area contributed by atoms with E-state index in [2.05, 4.69) is 0 Å². The van der Waals surface area contributed by atoms with Crippen molar-refractivity contribution in [2.24, 2.45) is 0 Å². The van der Waals surface area contributed by atoms with Crippen molar-refractivity contribution >= 4 is 17.6 Å². The summed E-state index contributed by atoms with van der Waals surface area (Å²) in [6.45, 7) is 1.17.